The summed E-state index contributed by atoms with van der Waals surface area (Å²) in [5.41, 5.74) is 2.22. The van der Waals surface area contributed by atoms with Crippen molar-refractivity contribution in [2.75, 3.05) is 11.9 Å². The molecule has 0 aliphatic heterocycles. The molecule has 0 aliphatic carbocycles. The Kier molecular flexibility index (Phi) is 4.59. The molecule has 0 unspecified atom stereocenters. The quantitative estimate of drug-likeness (QED) is 0.851. The van der Waals surface area contributed by atoms with Gasteiger partial charge in [-0.25, -0.2) is 9.37 Å². The van der Waals surface area contributed by atoms with E-state index in [0.29, 0.717) is 10.5 Å². The maximum atomic E-state index is 14.0. The number of nitrogens with zero attached hydrogens (tertiary/aromatic N) is 1. The third kappa shape index (κ3) is 3.16. The predicted octanol–water partition coefficient (Wildman–Crippen LogP) is 4.80. The van der Waals surface area contributed by atoms with Gasteiger partial charge in [0.15, 0.2) is 5.82 Å². The molecule has 1 aromatic heterocycles. The molecule has 4 heteroatoms. The normalized spacial score (nSPS) is 10.9. The summed E-state index contributed by atoms with van der Waals surface area (Å²) in [5, 5.41) is 4.47. The van der Waals surface area contributed by atoms with Gasteiger partial charge in [-0.15, -0.1) is 0 Å². The van der Waals surface area contributed by atoms with Crippen LogP contribution in [0.25, 0.3) is 10.9 Å². The second-order valence-electron chi connectivity index (χ2n) is 4.62. The first-order valence-corrected chi connectivity index (χ1v) is 7.06. The monoisotopic (exact) mass is 280 g/mol. The highest BCUT2D eigenvalue weighted by Crippen LogP contribution is 2.29. The number of fused-ring (bicyclic) bond motifs is 1. The third-order valence-electron chi connectivity index (χ3n) is 2.96. The summed E-state index contributed by atoms with van der Waals surface area (Å²) in [4.78, 5) is 4.40. The van der Waals surface area contributed by atoms with Crippen molar-refractivity contribution in [3.05, 3.63) is 34.7 Å². The molecule has 0 saturated heterocycles. The molecule has 2 rings (SSSR count). The summed E-state index contributed by atoms with van der Waals surface area (Å²) >= 11 is 5.94. The van der Waals surface area contributed by atoms with Crippen LogP contribution in [-0.4, -0.2) is 11.5 Å². The summed E-state index contributed by atoms with van der Waals surface area (Å²) in [6.45, 7) is 5.03. The maximum absolute atomic E-state index is 14.0. The van der Waals surface area contributed by atoms with Crippen LogP contribution in [0.4, 0.5) is 10.1 Å². The molecule has 1 aromatic carbocycles. The van der Waals surface area contributed by atoms with Gasteiger partial charge >= 0.3 is 0 Å². The second-order valence-corrected chi connectivity index (χ2v) is 5.06. The molecular formula is C15H18ClFN2. The summed E-state index contributed by atoms with van der Waals surface area (Å²) in [6.07, 6.45) is 2.84. The molecule has 0 fully saturated rings. The lowest BCUT2D eigenvalue weighted by Gasteiger charge is -2.12. The van der Waals surface area contributed by atoms with Crippen molar-refractivity contribution < 1.29 is 4.39 Å². The number of hydrogen-bond acceptors (Lipinski definition) is 2. The highest BCUT2D eigenvalue weighted by molar-refractivity contribution is 6.31. The lowest BCUT2D eigenvalue weighted by Crippen LogP contribution is -2.03. The number of benzene rings is 1. The Bertz CT molecular complexity index is 584. The molecule has 0 saturated carbocycles. The van der Waals surface area contributed by atoms with Gasteiger partial charge in [-0.1, -0.05) is 31.9 Å². The SMILES string of the molecule is CCCNc1cc(CCC)nc2c(F)cc(Cl)cc12. The number of rotatable bonds is 5. The van der Waals surface area contributed by atoms with Gasteiger partial charge in [0.1, 0.15) is 5.52 Å². The second kappa shape index (κ2) is 6.20. The molecule has 0 bridgehead atoms. The van der Waals surface area contributed by atoms with E-state index in [1.165, 1.54) is 6.07 Å². The van der Waals surface area contributed by atoms with Crippen molar-refractivity contribution in [3.8, 4) is 0 Å². The number of halogens is 2. The largest absolute Gasteiger partial charge is 0.384 e. The van der Waals surface area contributed by atoms with Crippen LogP contribution in [-0.2, 0) is 6.42 Å². The van der Waals surface area contributed by atoms with Crippen molar-refractivity contribution in [2.24, 2.45) is 0 Å². The minimum absolute atomic E-state index is 0.361. The zero-order valence-electron chi connectivity index (χ0n) is 11.3. The number of hydrogen-bond donors (Lipinski definition) is 1. The fraction of sp³-hybridized carbons (Fsp3) is 0.400. The van der Waals surface area contributed by atoms with E-state index in [4.69, 9.17) is 11.6 Å². The third-order valence-corrected chi connectivity index (χ3v) is 3.17. The van der Waals surface area contributed by atoms with Gasteiger partial charge in [-0.05, 0) is 31.0 Å². The molecule has 19 heavy (non-hydrogen) atoms. The van der Waals surface area contributed by atoms with Crippen LogP contribution < -0.4 is 5.32 Å². The van der Waals surface area contributed by atoms with Crippen LogP contribution >= 0.6 is 11.6 Å². The summed E-state index contributed by atoms with van der Waals surface area (Å²) in [7, 11) is 0. The summed E-state index contributed by atoms with van der Waals surface area (Å²) in [5.74, 6) is -0.361. The van der Waals surface area contributed by atoms with Gasteiger partial charge in [0.2, 0.25) is 0 Å². The Morgan fingerprint density at radius 1 is 1.21 bits per heavy atom. The Labute approximate surface area is 118 Å². The van der Waals surface area contributed by atoms with Crippen molar-refractivity contribution in [2.45, 2.75) is 33.1 Å². The number of pyridine rings is 1. The Balaban J connectivity index is 2.60. The Morgan fingerprint density at radius 3 is 2.68 bits per heavy atom. The number of aryl methyl sites for hydroxylation is 1. The number of aromatic nitrogens is 1. The van der Waals surface area contributed by atoms with Crippen LogP contribution in [0.2, 0.25) is 5.02 Å². The lowest BCUT2D eigenvalue weighted by atomic mass is 10.1. The molecule has 0 atom stereocenters. The summed E-state index contributed by atoms with van der Waals surface area (Å²) in [6, 6.07) is 5.08. The first-order chi connectivity index (χ1) is 9.15. The topological polar surface area (TPSA) is 24.9 Å². The molecule has 1 heterocycles. The van der Waals surface area contributed by atoms with E-state index < -0.39 is 0 Å². The van der Waals surface area contributed by atoms with Crippen LogP contribution in [0, 0.1) is 5.82 Å². The van der Waals surface area contributed by atoms with Gasteiger partial charge in [0, 0.05) is 28.3 Å². The van der Waals surface area contributed by atoms with Crippen molar-refractivity contribution >= 4 is 28.2 Å². The fourth-order valence-corrected chi connectivity index (χ4v) is 2.30. The van der Waals surface area contributed by atoms with Gasteiger partial charge in [0.25, 0.3) is 0 Å². The van der Waals surface area contributed by atoms with E-state index in [9.17, 15) is 4.39 Å². The molecule has 2 aromatic rings. The van der Waals surface area contributed by atoms with Gasteiger partial charge in [0.05, 0.1) is 0 Å². The minimum atomic E-state index is -0.361. The lowest BCUT2D eigenvalue weighted by molar-refractivity contribution is 0.636. The molecule has 1 N–H and O–H groups in total. The van der Waals surface area contributed by atoms with Crippen LogP contribution in [0.3, 0.4) is 0 Å². The molecule has 2 nitrogen and oxygen atoms in total. The van der Waals surface area contributed by atoms with E-state index >= 15 is 0 Å². The van der Waals surface area contributed by atoms with Gasteiger partial charge in [-0.3, -0.25) is 0 Å². The first-order valence-electron chi connectivity index (χ1n) is 6.68. The molecule has 0 radical (unpaired) electrons. The molecule has 102 valence electrons. The fourth-order valence-electron chi connectivity index (χ4n) is 2.10. The molecule has 0 aliphatic rings. The summed E-state index contributed by atoms with van der Waals surface area (Å²) < 4.78 is 14.0. The Morgan fingerprint density at radius 2 is 2.00 bits per heavy atom. The minimum Gasteiger partial charge on any atom is -0.384 e. The van der Waals surface area contributed by atoms with E-state index in [-0.39, 0.29) is 5.82 Å². The van der Waals surface area contributed by atoms with Crippen molar-refractivity contribution in [1.82, 2.24) is 4.98 Å². The van der Waals surface area contributed by atoms with Crippen LogP contribution in [0.5, 0.6) is 0 Å². The smallest absolute Gasteiger partial charge is 0.150 e. The highest BCUT2D eigenvalue weighted by atomic mass is 35.5. The number of nitrogens with one attached hydrogen (secondary N) is 1. The van der Waals surface area contributed by atoms with Gasteiger partial charge < -0.3 is 5.32 Å². The van der Waals surface area contributed by atoms with Crippen LogP contribution in [0.15, 0.2) is 18.2 Å². The van der Waals surface area contributed by atoms with E-state index in [1.54, 1.807) is 6.07 Å². The first kappa shape index (κ1) is 14.1. The zero-order valence-corrected chi connectivity index (χ0v) is 12.0. The highest BCUT2D eigenvalue weighted by Gasteiger charge is 2.10. The molecule has 0 spiro atoms. The standard InChI is InChI=1S/C15H18ClFN2/c1-3-5-11-9-14(18-6-4-2)12-7-10(16)8-13(17)15(12)19-11/h7-9H,3-6H2,1-2H3,(H,18,19). The van der Waals surface area contributed by atoms with Crippen molar-refractivity contribution in [1.29, 1.82) is 0 Å². The predicted molar refractivity (Wildman–Crippen MR) is 79.5 cm³/mol. The zero-order chi connectivity index (χ0) is 13.8. The van der Waals surface area contributed by atoms with Crippen molar-refractivity contribution in [3.63, 3.8) is 0 Å². The number of anilines is 1. The average Bonchev–Trinajstić information content (AvgIpc) is 2.37. The molecular weight excluding hydrogens is 263 g/mol. The van der Waals surface area contributed by atoms with Gasteiger partial charge in [-0.2, -0.15) is 0 Å². The Hall–Kier alpha value is -1.35. The molecule has 0 amide bonds. The average molecular weight is 281 g/mol. The van der Waals surface area contributed by atoms with E-state index in [0.717, 1.165) is 42.6 Å². The van der Waals surface area contributed by atoms with Crippen LogP contribution in [0.1, 0.15) is 32.4 Å². The van der Waals surface area contributed by atoms with E-state index in [2.05, 4.69) is 24.1 Å². The maximum Gasteiger partial charge on any atom is 0.150 e. The van der Waals surface area contributed by atoms with E-state index in [1.807, 2.05) is 6.07 Å².